The van der Waals surface area contributed by atoms with Gasteiger partial charge in [-0.25, -0.2) is 8.78 Å². The van der Waals surface area contributed by atoms with Gasteiger partial charge in [0.2, 0.25) is 0 Å². The molecule has 2 bridgehead atoms. The number of rotatable bonds is 2. The van der Waals surface area contributed by atoms with E-state index in [0.717, 1.165) is 25.3 Å². The maximum absolute atomic E-state index is 13.1. The minimum atomic E-state index is -0.837. The molecule has 1 aromatic carbocycles. The Morgan fingerprint density at radius 1 is 1.18 bits per heavy atom. The highest BCUT2D eigenvalue weighted by molar-refractivity contribution is 5.21. The van der Waals surface area contributed by atoms with Gasteiger partial charge >= 0.3 is 0 Å². The molecule has 1 N–H and O–H groups in total. The molecule has 1 aromatic rings. The van der Waals surface area contributed by atoms with Gasteiger partial charge in [0.05, 0.1) is 18.3 Å². The molecule has 0 spiro atoms. The number of fused-ring (bicyclic) bond motifs is 2. The highest BCUT2D eigenvalue weighted by atomic mass is 19.1. The lowest BCUT2D eigenvalue weighted by Crippen LogP contribution is -2.23. The van der Waals surface area contributed by atoms with E-state index < -0.39 is 17.7 Å². The summed E-state index contributed by atoms with van der Waals surface area (Å²) in [6, 6.07) is 3.20. The highest BCUT2D eigenvalue weighted by Gasteiger charge is 2.44. The average Bonchev–Trinajstić information content (AvgIpc) is 2.88. The summed E-state index contributed by atoms with van der Waals surface area (Å²) in [5.74, 6) is -1.33. The monoisotopic (exact) mass is 240 g/mol. The van der Waals surface area contributed by atoms with E-state index in [1.165, 1.54) is 12.1 Å². The van der Waals surface area contributed by atoms with Gasteiger partial charge in [0, 0.05) is 12.0 Å². The van der Waals surface area contributed by atoms with Gasteiger partial charge < -0.3 is 9.84 Å². The van der Waals surface area contributed by atoms with Crippen molar-refractivity contribution < 1.29 is 18.6 Å². The molecule has 2 saturated heterocycles. The van der Waals surface area contributed by atoms with Crippen LogP contribution in [0.1, 0.15) is 30.9 Å². The summed E-state index contributed by atoms with van der Waals surface area (Å²) in [5.41, 5.74) is 0.309. The Hall–Kier alpha value is -1.00. The number of aliphatic hydroxyl groups excluding tert-OH is 1. The summed E-state index contributed by atoms with van der Waals surface area (Å²) in [6.45, 7) is 0. The fourth-order valence-electron chi connectivity index (χ4n) is 3.00. The van der Waals surface area contributed by atoms with Crippen molar-refractivity contribution in [2.24, 2.45) is 5.92 Å². The molecule has 2 aliphatic heterocycles. The number of ether oxygens (including phenoxy) is 1. The molecule has 17 heavy (non-hydrogen) atoms. The van der Waals surface area contributed by atoms with Crippen LogP contribution in [-0.2, 0) is 4.74 Å². The second-order valence-electron chi connectivity index (χ2n) is 4.92. The molecule has 2 nitrogen and oxygen atoms in total. The average molecular weight is 240 g/mol. The molecule has 2 aliphatic rings. The lowest BCUT2D eigenvalue weighted by Gasteiger charge is -2.24. The third kappa shape index (κ3) is 1.96. The number of halogens is 2. The van der Waals surface area contributed by atoms with Gasteiger partial charge in [0.25, 0.3) is 0 Å². The molecule has 0 aliphatic carbocycles. The van der Waals surface area contributed by atoms with Crippen LogP contribution in [-0.4, -0.2) is 17.3 Å². The minimum Gasteiger partial charge on any atom is -0.388 e. The summed E-state index contributed by atoms with van der Waals surface area (Å²) >= 11 is 0. The van der Waals surface area contributed by atoms with E-state index in [0.29, 0.717) is 5.56 Å². The maximum Gasteiger partial charge on any atom is 0.126 e. The van der Waals surface area contributed by atoms with Gasteiger partial charge in [0.1, 0.15) is 11.6 Å². The first-order valence-electron chi connectivity index (χ1n) is 5.93. The number of hydrogen-bond acceptors (Lipinski definition) is 2. The fraction of sp³-hybridized carbons (Fsp3) is 0.538. The van der Waals surface area contributed by atoms with Crippen LogP contribution < -0.4 is 0 Å². The predicted molar refractivity (Wildman–Crippen MR) is 57.3 cm³/mol. The van der Waals surface area contributed by atoms with Crippen molar-refractivity contribution in [3.8, 4) is 0 Å². The zero-order chi connectivity index (χ0) is 12.0. The summed E-state index contributed by atoms with van der Waals surface area (Å²) in [7, 11) is 0. The van der Waals surface area contributed by atoms with Crippen LogP contribution in [0.15, 0.2) is 18.2 Å². The first-order valence-corrected chi connectivity index (χ1v) is 5.93. The Morgan fingerprint density at radius 3 is 2.41 bits per heavy atom. The molecule has 92 valence electrons. The topological polar surface area (TPSA) is 29.5 Å². The van der Waals surface area contributed by atoms with Crippen molar-refractivity contribution in [2.75, 3.05) is 0 Å². The van der Waals surface area contributed by atoms with Crippen molar-refractivity contribution in [1.29, 1.82) is 0 Å². The molecular formula is C13H14F2O2. The van der Waals surface area contributed by atoms with Crippen LogP contribution in [0.25, 0.3) is 0 Å². The van der Waals surface area contributed by atoms with Gasteiger partial charge in [-0.3, -0.25) is 0 Å². The predicted octanol–water partition coefficient (Wildman–Crippen LogP) is 2.57. The highest BCUT2D eigenvalue weighted by Crippen LogP contribution is 2.44. The Morgan fingerprint density at radius 2 is 1.88 bits per heavy atom. The Balaban J connectivity index is 1.83. The number of aliphatic hydroxyl groups is 1. The molecular weight excluding hydrogens is 226 g/mol. The molecule has 4 atom stereocenters. The zero-order valence-corrected chi connectivity index (χ0v) is 9.27. The van der Waals surface area contributed by atoms with Crippen molar-refractivity contribution in [3.05, 3.63) is 35.4 Å². The van der Waals surface area contributed by atoms with E-state index in [9.17, 15) is 13.9 Å². The van der Waals surface area contributed by atoms with E-state index in [2.05, 4.69) is 0 Å². The van der Waals surface area contributed by atoms with Crippen LogP contribution in [0.2, 0.25) is 0 Å². The van der Waals surface area contributed by atoms with Crippen LogP contribution in [0, 0.1) is 17.6 Å². The van der Waals surface area contributed by atoms with Crippen molar-refractivity contribution >= 4 is 0 Å². The molecule has 2 heterocycles. The molecule has 0 saturated carbocycles. The smallest absolute Gasteiger partial charge is 0.126 e. The first kappa shape index (κ1) is 11.1. The normalized spacial score (nSPS) is 33.0. The Kier molecular flexibility index (Phi) is 2.64. The Bertz CT molecular complexity index is 415. The lowest BCUT2D eigenvalue weighted by molar-refractivity contribution is 0.0420. The zero-order valence-electron chi connectivity index (χ0n) is 9.27. The van der Waals surface area contributed by atoms with E-state index in [-0.39, 0.29) is 18.1 Å². The van der Waals surface area contributed by atoms with E-state index in [4.69, 9.17) is 4.74 Å². The summed E-state index contributed by atoms with van der Waals surface area (Å²) in [4.78, 5) is 0. The SMILES string of the molecule is OC(c1cc(F)cc(F)c1)C1CC2CCC1O2. The summed E-state index contributed by atoms with van der Waals surface area (Å²) in [5, 5.41) is 10.2. The maximum atomic E-state index is 13.1. The van der Waals surface area contributed by atoms with Gasteiger partial charge in [-0.2, -0.15) is 0 Å². The van der Waals surface area contributed by atoms with E-state index in [1.54, 1.807) is 0 Å². The van der Waals surface area contributed by atoms with Crippen LogP contribution in [0.5, 0.6) is 0 Å². The number of hydrogen-bond donors (Lipinski definition) is 1. The standard InChI is InChI=1S/C13H14F2O2/c14-8-3-7(4-9(15)5-8)13(16)11-6-10-1-2-12(11)17-10/h3-5,10-13,16H,1-2,6H2. The van der Waals surface area contributed by atoms with E-state index >= 15 is 0 Å². The van der Waals surface area contributed by atoms with Crippen LogP contribution in [0.4, 0.5) is 8.78 Å². The first-order chi connectivity index (χ1) is 8.13. The third-order valence-electron chi connectivity index (χ3n) is 3.78. The largest absolute Gasteiger partial charge is 0.388 e. The minimum absolute atomic E-state index is 0.0325. The fourth-order valence-corrected chi connectivity index (χ4v) is 3.00. The quantitative estimate of drug-likeness (QED) is 0.860. The van der Waals surface area contributed by atoms with Gasteiger partial charge in [-0.1, -0.05) is 0 Å². The van der Waals surface area contributed by atoms with E-state index in [1.807, 2.05) is 0 Å². The number of benzene rings is 1. The van der Waals surface area contributed by atoms with Crippen molar-refractivity contribution in [2.45, 2.75) is 37.6 Å². The van der Waals surface area contributed by atoms with Crippen molar-refractivity contribution in [3.63, 3.8) is 0 Å². The van der Waals surface area contributed by atoms with Crippen LogP contribution >= 0.6 is 0 Å². The molecule has 4 heteroatoms. The molecule has 4 unspecified atom stereocenters. The third-order valence-corrected chi connectivity index (χ3v) is 3.78. The molecule has 0 aromatic heterocycles. The van der Waals surface area contributed by atoms with Crippen LogP contribution in [0.3, 0.4) is 0 Å². The van der Waals surface area contributed by atoms with Crippen molar-refractivity contribution in [1.82, 2.24) is 0 Å². The molecule has 3 rings (SSSR count). The Labute approximate surface area is 98.2 Å². The van der Waals surface area contributed by atoms with Gasteiger partial charge in [0.15, 0.2) is 0 Å². The van der Waals surface area contributed by atoms with Gasteiger partial charge in [-0.15, -0.1) is 0 Å². The summed E-state index contributed by atoms with van der Waals surface area (Å²) < 4.78 is 31.8. The van der Waals surface area contributed by atoms with Gasteiger partial charge in [-0.05, 0) is 37.0 Å². The molecule has 0 amide bonds. The summed E-state index contributed by atoms with van der Waals surface area (Å²) in [6.07, 6.45) is 2.18. The molecule has 2 fully saturated rings. The second-order valence-corrected chi connectivity index (χ2v) is 4.92. The second kappa shape index (κ2) is 4.03. The molecule has 0 radical (unpaired) electrons. The lowest BCUT2D eigenvalue weighted by atomic mass is 9.82.